The number of fused-ring (bicyclic) bond motifs is 1. The quantitative estimate of drug-likeness (QED) is 0.674. The number of nitrogens with one attached hydrogen (secondary N) is 1. The Kier molecular flexibility index (Phi) is 4.16. The van der Waals surface area contributed by atoms with Gasteiger partial charge in [0.15, 0.2) is 11.5 Å². The van der Waals surface area contributed by atoms with E-state index in [9.17, 15) is 0 Å². The number of para-hydroxylation sites is 1. The molecule has 0 amide bonds. The van der Waals surface area contributed by atoms with Crippen LogP contribution in [0.4, 0.5) is 0 Å². The van der Waals surface area contributed by atoms with Gasteiger partial charge in [0, 0.05) is 29.6 Å². The van der Waals surface area contributed by atoms with Crippen molar-refractivity contribution >= 4 is 0 Å². The molecular formula is C30H36N2O2. The highest BCUT2D eigenvalue weighted by atomic mass is 16.5. The fourth-order valence-corrected chi connectivity index (χ4v) is 9.73. The van der Waals surface area contributed by atoms with Gasteiger partial charge >= 0.3 is 0 Å². The summed E-state index contributed by atoms with van der Waals surface area (Å²) in [4.78, 5) is 2.95. The first-order valence-electron chi connectivity index (χ1n) is 13.6. The standard InChI is InChI=1S/C30H36N2O2/c1-33-24-10-9-20-15-25-29-12-11-23-26(21(16-29)17-31-23)30(29,13-14-32(25)18-19-7-8-19)27(20)28(24)34-22-5-3-2-4-6-22/h2-6,9-10,19,21,23,25-26,31H,7-8,11-18H2,1H3/t21-,23-,25-,26-,29-,30-/m1/s1. The molecule has 8 rings (SSSR count). The summed E-state index contributed by atoms with van der Waals surface area (Å²) in [5.74, 6) is 5.32. The van der Waals surface area contributed by atoms with Gasteiger partial charge in [-0.15, -0.1) is 0 Å². The predicted molar refractivity (Wildman–Crippen MR) is 133 cm³/mol. The largest absolute Gasteiger partial charge is 0.493 e. The Bertz CT molecular complexity index is 1130. The van der Waals surface area contributed by atoms with Crippen LogP contribution in [-0.4, -0.2) is 43.7 Å². The zero-order chi connectivity index (χ0) is 22.5. The number of ether oxygens (including phenoxy) is 2. The monoisotopic (exact) mass is 456 g/mol. The molecule has 2 heterocycles. The van der Waals surface area contributed by atoms with Crippen LogP contribution in [-0.2, 0) is 11.8 Å². The molecule has 5 fully saturated rings. The van der Waals surface area contributed by atoms with Gasteiger partial charge in [0.25, 0.3) is 0 Å². The van der Waals surface area contributed by atoms with Crippen LogP contribution in [0.3, 0.4) is 0 Å². The Morgan fingerprint density at radius 3 is 2.76 bits per heavy atom. The highest BCUT2D eigenvalue weighted by Crippen LogP contribution is 2.75. The van der Waals surface area contributed by atoms with Crippen molar-refractivity contribution < 1.29 is 9.47 Å². The number of hydrogen-bond acceptors (Lipinski definition) is 4. The second-order valence-corrected chi connectivity index (χ2v) is 12.1. The number of nitrogens with zero attached hydrogens (tertiary/aromatic N) is 1. The van der Waals surface area contributed by atoms with Crippen molar-refractivity contribution in [3.63, 3.8) is 0 Å². The molecule has 4 aliphatic carbocycles. The minimum atomic E-state index is 0.209. The third-order valence-electron chi connectivity index (χ3n) is 10.9. The van der Waals surface area contributed by atoms with Crippen molar-refractivity contribution in [1.82, 2.24) is 10.2 Å². The summed E-state index contributed by atoms with van der Waals surface area (Å²) in [6, 6.07) is 16.3. The maximum Gasteiger partial charge on any atom is 0.173 e. The van der Waals surface area contributed by atoms with Gasteiger partial charge in [-0.1, -0.05) is 24.3 Å². The number of methoxy groups -OCH3 is 1. The third-order valence-corrected chi connectivity index (χ3v) is 10.9. The average Bonchev–Trinajstić information content (AvgIpc) is 3.52. The number of benzene rings is 2. The van der Waals surface area contributed by atoms with Crippen LogP contribution in [0.15, 0.2) is 42.5 Å². The molecule has 3 saturated carbocycles. The zero-order valence-electron chi connectivity index (χ0n) is 20.3. The summed E-state index contributed by atoms with van der Waals surface area (Å²) < 4.78 is 12.8. The van der Waals surface area contributed by atoms with Gasteiger partial charge < -0.3 is 14.8 Å². The SMILES string of the molecule is COc1ccc2c(c1Oc1ccccc1)[C@]13CCN(CC4CC4)[C@H](C2)[C@]12CC[C@H]1NC[C@@H](C2)[C@H]13. The molecule has 0 aromatic heterocycles. The van der Waals surface area contributed by atoms with Crippen LogP contribution in [0.5, 0.6) is 17.2 Å². The molecule has 0 unspecified atom stereocenters. The Morgan fingerprint density at radius 1 is 1.06 bits per heavy atom. The number of rotatable bonds is 5. The van der Waals surface area contributed by atoms with Crippen molar-refractivity contribution in [3.8, 4) is 17.2 Å². The first-order valence-corrected chi connectivity index (χ1v) is 13.6. The topological polar surface area (TPSA) is 33.7 Å². The van der Waals surface area contributed by atoms with E-state index in [0.29, 0.717) is 17.5 Å². The lowest BCUT2D eigenvalue weighted by molar-refractivity contribution is -0.0948. The lowest BCUT2D eigenvalue weighted by Crippen LogP contribution is -2.69. The number of likely N-dealkylation sites (tertiary alicyclic amines) is 1. The minimum absolute atomic E-state index is 0.209. The Labute approximate surface area is 203 Å². The van der Waals surface area contributed by atoms with Gasteiger partial charge in [0.1, 0.15) is 5.75 Å². The van der Waals surface area contributed by atoms with Crippen LogP contribution in [0, 0.1) is 23.2 Å². The Balaban J connectivity index is 1.35. The van der Waals surface area contributed by atoms with E-state index in [1.165, 1.54) is 75.7 Å². The molecule has 2 aromatic rings. The number of hydrogen-bond donors (Lipinski definition) is 1. The average molecular weight is 457 g/mol. The van der Waals surface area contributed by atoms with E-state index in [2.05, 4.69) is 52.7 Å². The van der Waals surface area contributed by atoms with E-state index in [-0.39, 0.29) is 5.41 Å². The molecule has 2 aliphatic heterocycles. The molecular weight excluding hydrogens is 420 g/mol. The van der Waals surface area contributed by atoms with E-state index in [0.717, 1.165) is 35.0 Å². The van der Waals surface area contributed by atoms with Gasteiger partial charge in [-0.2, -0.15) is 0 Å². The Morgan fingerprint density at radius 2 is 1.94 bits per heavy atom. The van der Waals surface area contributed by atoms with Crippen LogP contribution in [0.25, 0.3) is 0 Å². The van der Waals surface area contributed by atoms with Gasteiger partial charge in [-0.05, 0) is 105 Å². The molecule has 6 aliphatic rings. The lowest BCUT2D eigenvalue weighted by atomic mass is 9.43. The van der Waals surface area contributed by atoms with Crippen molar-refractivity contribution in [3.05, 3.63) is 53.6 Å². The molecule has 2 saturated heterocycles. The molecule has 0 radical (unpaired) electrons. The molecule has 4 nitrogen and oxygen atoms in total. The molecule has 0 spiro atoms. The van der Waals surface area contributed by atoms with Crippen molar-refractivity contribution in [2.24, 2.45) is 23.2 Å². The predicted octanol–water partition coefficient (Wildman–Crippen LogP) is 5.15. The minimum Gasteiger partial charge on any atom is -0.493 e. The van der Waals surface area contributed by atoms with Gasteiger partial charge in [0.2, 0.25) is 0 Å². The lowest BCUT2D eigenvalue weighted by Gasteiger charge is -2.66. The molecule has 6 atom stereocenters. The smallest absolute Gasteiger partial charge is 0.173 e. The van der Waals surface area contributed by atoms with Crippen LogP contribution in [0.2, 0.25) is 0 Å². The fraction of sp³-hybridized carbons (Fsp3) is 0.600. The number of piperidine rings is 1. The first kappa shape index (κ1) is 20.2. The maximum absolute atomic E-state index is 6.79. The summed E-state index contributed by atoms with van der Waals surface area (Å²) >= 11 is 0. The summed E-state index contributed by atoms with van der Waals surface area (Å²) in [5.41, 5.74) is 3.66. The normalized spacial score (nSPS) is 39.4. The van der Waals surface area contributed by atoms with Crippen LogP contribution in [0.1, 0.15) is 49.7 Å². The van der Waals surface area contributed by atoms with E-state index in [4.69, 9.17) is 9.47 Å². The fourth-order valence-electron chi connectivity index (χ4n) is 9.73. The van der Waals surface area contributed by atoms with Gasteiger partial charge in [-0.3, -0.25) is 4.90 Å². The molecule has 1 N–H and O–H groups in total. The summed E-state index contributed by atoms with van der Waals surface area (Å²) in [6.45, 7) is 3.79. The van der Waals surface area contributed by atoms with E-state index < -0.39 is 0 Å². The van der Waals surface area contributed by atoms with Crippen molar-refractivity contribution in [2.75, 3.05) is 26.7 Å². The second-order valence-electron chi connectivity index (χ2n) is 12.1. The molecule has 4 bridgehead atoms. The van der Waals surface area contributed by atoms with Gasteiger partial charge in [-0.25, -0.2) is 0 Å². The summed E-state index contributed by atoms with van der Waals surface area (Å²) in [6.07, 6.45) is 9.46. The third kappa shape index (κ3) is 2.47. The van der Waals surface area contributed by atoms with Crippen molar-refractivity contribution in [1.29, 1.82) is 0 Å². The van der Waals surface area contributed by atoms with Crippen molar-refractivity contribution in [2.45, 2.75) is 62.4 Å². The summed E-state index contributed by atoms with van der Waals surface area (Å²) in [7, 11) is 1.80. The molecule has 34 heavy (non-hydrogen) atoms. The van der Waals surface area contributed by atoms with Gasteiger partial charge in [0.05, 0.1) is 7.11 Å². The van der Waals surface area contributed by atoms with Crippen LogP contribution < -0.4 is 14.8 Å². The van der Waals surface area contributed by atoms with E-state index >= 15 is 0 Å². The van der Waals surface area contributed by atoms with Crippen LogP contribution >= 0.6 is 0 Å². The first-order chi connectivity index (χ1) is 16.7. The van der Waals surface area contributed by atoms with E-state index in [1.54, 1.807) is 7.11 Å². The second kappa shape index (κ2) is 7.01. The highest BCUT2D eigenvalue weighted by molar-refractivity contribution is 5.61. The zero-order valence-corrected chi connectivity index (χ0v) is 20.3. The maximum atomic E-state index is 6.79. The molecule has 2 aromatic carbocycles. The van der Waals surface area contributed by atoms with E-state index in [1.807, 2.05) is 0 Å². The highest BCUT2D eigenvalue weighted by Gasteiger charge is 2.75. The summed E-state index contributed by atoms with van der Waals surface area (Å²) in [5, 5.41) is 3.97. The Hall–Kier alpha value is -2.04. The molecule has 4 heteroatoms. The molecule has 178 valence electrons.